The summed E-state index contributed by atoms with van der Waals surface area (Å²) in [5, 5.41) is 2.66. The molecule has 4 aromatic carbocycles. The first-order valence-corrected chi connectivity index (χ1v) is 9.87. The summed E-state index contributed by atoms with van der Waals surface area (Å²) in [5.41, 5.74) is 0. The van der Waals surface area contributed by atoms with Crippen LogP contribution in [0.3, 0.4) is 0 Å². The second-order valence-corrected chi connectivity index (χ2v) is 5.81. The molecule has 0 bridgehead atoms. The maximum Gasteiger partial charge on any atom is 3.00 e. The maximum absolute atomic E-state index is 2.21. The summed E-state index contributed by atoms with van der Waals surface area (Å²) >= 11 is 0. The molecule has 2 radical (unpaired) electrons. The van der Waals surface area contributed by atoms with Crippen molar-refractivity contribution in [3.05, 3.63) is 103 Å². The Bertz CT molecular complexity index is 567. The molecule has 0 atom stereocenters. The molecular formula is C21H26Cl2SiZr. The number of fused-ring (bicyclic) bond motifs is 1. The summed E-state index contributed by atoms with van der Waals surface area (Å²) in [7, 11) is 0.750. The Kier molecular flexibility index (Phi) is 24.6. The molecule has 0 fully saturated rings. The zero-order valence-electron chi connectivity index (χ0n) is 14.7. The summed E-state index contributed by atoms with van der Waals surface area (Å²) in [6, 6.07) is 34.7. The molecule has 0 spiro atoms. The topological polar surface area (TPSA) is 0 Å². The van der Waals surface area contributed by atoms with Crippen LogP contribution in [0.15, 0.2) is 103 Å². The predicted octanol–water partition coefficient (Wildman–Crippen LogP) is 6.73. The molecule has 0 nitrogen and oxygen atoms in total. The molecular weight excluding hydrogens is 442 g/mol. The Morgan fingerprint density at radius 2 is 1.08 bits per heavy atom. The summed E-state index contributed by atoms with van der Waals surface area (Å²) in [4.78, 5) is 0. The zero-order chi connectivity index (χ0) is 15.9. The first-order chi connectivity index (χ1) is 10.9. The fourth-order valence-corrected chi connectivity index (χ4v) is 1.71. The number of halogens is 2. The van der Waals surface area contributed by atoms with E-state index in [0.29, 0.717) is 0 Å². The van der Waals surface area contributed by atoms with Gasteiger partial charge < -0.3 is 0 Å². The standard InChI is InChI=1S/C9H7.2C5H5.C2H7Si.2ClH.Zr/c1-2-5-9-7-3-6-8(9)4-1;2*1-2-4-5-3-1;1-3-2;;;/h1-7H;2*1-5H;3H,1-2H3;2*1H;/q3*-1;;;;+3. The van der Waals surface area contributed by atoms with Gasteiger partial charge in [-0.05, 0) is 0 Å². The van der Waals surface area contributed by atoms with Crippen molar-refractivity contribution < 1.29 is 26.2 Å². The largest absolute Gasteiger partial charge is 3.00 e. The fourth-order valence-electron chi connectivity index (χ4n) is 1.71. The van der Waals surface area contributed by atoms with Gasteiger partial charge in [-0.3, -0.25) is 0 Å². The molecule has 4 heteroatoms. The predicted molar refractivity (Wildman–Crippen MR) is 117 cm³/mol. The minimum absolute atomic E-state index is 0. The zero-order valence-corrected chi connectivity index (χ0v) is 20.0. The summed E-state index contributed by atoms with van der Waals surface area (Å²) < 4.78 is 0. The summed E-state index contributed by atoms with van der Waals surface area (Å²) in [6.45, 7) is 4.42. The molecule has 0 heterocycles. The SMILES string of the molecule is C[SiH]C.Cl.Cl.[Zr+3].c1cc[cH-]c1.c1cc[cH-]c1.c1ccc2[cH-]ccc2c1. The monoisotopic (exact) mass is 466 g/mol. The van der Waals surface area contributed by atoms with E-state index in [2.05, 4.69) is 55.6 Å². The van der Waals surface area contributed by atoms with E-state index in [1.54, 1.807) is 0 Å². The molecule has 132 valence electrons. The van der Waals surface area contributed by atoms with Gasteiger partial charge >= 0.3 is 26.2 Å². The van der Waals surface area contributed by atoms with Gasteiger partial charge in [0.2, 0.25) is 0 Å². The quantitative estimate of drug-likeness (QED) is 0.198. The molecule has 0 saturated heterocycles. The molecule has 4 aromatic rings. The van der Waals surface area contributed by atoms with E-state index in [-0.39, 0.29) is 51.0 Å². The minimum Gasteiger partial charge on any atom is -0.214 e. The fraction of sp³-hybridized carbons (Fsp3) is 0.0952. The van der Waals surface area contributed by atoms with Gasteiger partial charge in [0.1, 0.15) is 0 Å². The van der Waals surface area contributed by atoms with E-state index in [1.807, 2.05) is 60.7 Å². The van der Waals surface area contributed by atoms with Crippen LogP contribution in [0.2, 0.25) is 13.1 Å². The molecule has 0 amide bonds. The van der Waals surface area contributed by atoms with Crippen molar-refractivity contribution in [2.45, 2.75) is 13.1 Å². The average molecular weight is 469 g/mol. The van der Waals surface area contributed by atoms with Crippen LogP contribution in [0, 0.1) is 0 Å². The first kappa shape index (κ1) is 29.0. The van der Waals surface area contributed by atoms with Crippen LogP contribution < -0.4 is 0 Å². The third-order valence-electron chi connectivity index (χ3n) is 2.66. The van der Waals surface area contributed by atoms with Crippen LogP contribution in [0.1, 0.15) is 0 Å². The molecule has 25 heavy (non-hydrogen) atoms. The van der Waals surface area contributed by atoms with Crippen LogP contribution in [0.5, 0.6) is 0 Å². The Hall–Kier alpha value is -0.790. The van der Waals surface area contributed by atoms with Gasteiger partial charge in [-0.2, -0.15) is 53.9 Å². The maximum atomic E-state index is 2.21. The Balaban J connectivity index is -0.000000267. The van der Waals surface area contributed by atoms with Crippen LogP contribution in [0.4, 0.5) is 0 Å². The van der Waals surface area contributed by atoms with Crippen LogP contribution in [0.25, 0.3) is 10.8 Å². The van der Waals surface area contributed by atoms with Crippen molar-refractivity contribution in [3.63, 3.8) is 0 Å². The molecule has 0 aliphatic heterocycles. The second-order valence-electron chi connectivity index (χ2n) is 4.66. The third kappa shape index (κ3) is 15.2. The smallest absolute Gasteiger partial charge is 0.214 e. The van der Waals surface area contributed by atoms with Crippen LogP contribution >= 0.6 is 24.8 Å². The number of benzene rings is 1. The van der Waals surface area contributed by atoms with Crippen molar-refractivity contribution >= 4 is 45.1 Å². The van der Waals surface area contributed by atoms with E-state index >= 15 is 0 Å². The van der Waals surface area contributed by atoms with E-state index in [9.17, 15) is 0 Å². The van der Waals surface area contributed by atoms with E-state index in [4.69, 9.17) is 0 Å². The summed E-state index contributed by atoms with van der Waals surface area (Å²) in [6.07, 6.45) is 0. The molecule has 4 rings (SSSR count). The van der Waals surface area contributed by atoms with Gasteiger partial charge in [0, 0.05) is 9.52 Å². The third-order valence-corrected chi connectivity index (χ3v) is 2.66. The molecule has 0 aliphatic rings. The molecule has 0 aromatic heterocycles. The molecule has 0 aliphatic carbocycles. The number of rotatable bonds is 0. The van der Waals surface area contributed by atoms with Gasteiger partial charge in [-0.1, -0.05) is 19.2 Å². The van der Waals surface area contributed by atoms with Crippen molar-refractivity contribution in [2.75, 3.05) is 0 Å². The first-order valence-electron chi connectivity index (χ1n) is 7.56. The summed E-state index contributed by atoms with van der Waals surface area (Å²) in [5.74, 6) is 0. The van der Waals surface area contributed by atoms with Crippen molar-refractivity contribution in [1.82, 2.24) is 0 Å². The van der Waals surface area contributed by atoms with Gasteiger partial charge in [-0.25, -0.2) is 24.3 Å². The van der Waals surface area contributed by atoms with E-state index in [1.165, 1.54) is 10.8 Å². The van der Waals surface area contributed by atoms with Gasteiger partial charge in [0.25, 0.3) is 0 Å². The van der Waals surface area contributed by atoms with Crippen LogP contribution in [-0.2, 0) is 26.2 Å². The van der Waals surface area contributed by atoms with Crippen LogP contribution in [-0.4, -0.2) is 9.52 Å². The minimum atomic E-state index is 0. The average Bonchev–Trinajstić information content (AvgIpc) is 3.33. The Labute approximate surface area is 186 Å². The second kappa shape index (κ2) is 21.3. The Morgan fingerprint density at radius 1 is 0.640 bits per heavy atom. The van der Waals surface area contributed by atoms with Gasteiger partial charge in [0.15, 0.2) is 0 Å². The Morgan fingerprint density at radius 3 is 1.44 bits per heavy atom. The van der Waals surface area contributed by atoms with Gasteiger partial charge in [0.05, 0.1) is 0 Å². The molecule has 0 N–H and O–H groups in total. The normalized spacial score (nSPS) is 7.60. The van der Waals surface area contributed by atoms with E-state index < -0.39 is 0 Å². The van der Waals surface area contributed by atoms with E-state index in [0.717, 1.165) is 9.52 Å². The number of hydrogen-bond donors (Lipinski definition) is 0. The van der Waals surface area contributed by atoms with Gasteiger partial charge in [-0.15, -0.1) is 54.5 Å². The van der Waals surface area contributed by atoms with Crippen molar-refractivity contribution in [3.8, 4) is 0 Å². The molecule has 0 unspecified atom stereocenters. The number of hydrogen-bond acceptors (Lipinski definition) is 0. The molecule has 0 saturated carbocycles. The van der Waals surface area contributed by atoms with Crippen molar-refractivity contribution in [1.29, 1.82) is 0 Å². The van der Waals surface area contributed by atoms with Crippen molar-refractivity contribution in [2.24, 2.45) is 0 Å².